The van der Waals surface area contributed by atoms with Crippen LogP contribution in [0.2, 0.25) is 0 Å². The van der Waals surface area contributed by atoms with Gasteiger partial charge in [-0.1, -0.05) is 6.07 Å². The smallest absolute Gasteiger partial charge is 0.0907 e. The van der Waals surface area contributed by atoms with Gasteiger partial charge in [0.15, 0.2) is 0 Å². The molecule has 1 nitrogen and oxygen atoms in total. The van der Waals surface area contributed by atoms with Crippen LogP contribution in [0.4, 0.5) is 0 Å². The molecule has 2 rings (SSSR count). The molecule has 0 amide bonds. The van der Waals surface area contributed by atoms with Crippen molar-refractivity contribution in [3.63, 3.8) is 0 Å². The lowest BCUT2D eigenvalue weighted by Gasteiger charge is -1.93. The average molecular weight is 195 g/mol. The van der Waals surface area contributed by atoms with Crippen LogP contribution in [0, 0.1) is 6.92 Å². The standard InChI is InChI=1S/C9H9NS2/c1-6-10-8-3-2-7(5-11)4-9(8)12-6/h2-4,11H,5H2,1H3. The molecule has 0 spiro atoms. The van der Waals surface area contributed by atoms with E-state index in [0.29, 0.717) is 0 Å². The van der Waals surface area contributed by atoms with Crippen molar-refractivity contribution in [3.8, 4) is 0 Å². The molecule has 3 heteroatoms. The van der Waals surface area contributed by atoms with Crippen LogP contribution in [-0.2, 0) is 5.75 Å². The molecule has 0 unspecified atom stereocenters. The molecule has 0 atom stereocenters. The number of aromatic nitrogens is 1. The van der Waals surface area contributed by atoms with Crippen LogP contribution < -0.4 is 0 Å². The second kappa shape index (κ2) is 3.07. The van der Waals surface area contributed by atoms with E-state index in [1.54, 1.807) is 11.3 Å². The van der Waals surface area contributed by atoms with Gasteiger partial charge in [0.25, 0.3) is 0 Å². The number of fused-ring (bicyclic) bond motifs is 1. The summed E-state index contributed by atoms with van der Waals surface area (Å²) in [4.78, 5) is 4.38. The molecular formula is C9H9NS2. The highest BCUT2D eigenvalue weighted by Gasteiger charge is 1.99. The van der Waals surface area contributed by atoms with Crippen LogP contribution in [0.25, 0.3) is 10.2 Å². The molecule has 0 radical (unpaired) electrons. The molecular weight excluding hydrogens is 186 g/mol. The van der Waals surface area contributed by atoms with E-state index in [2.05, 4.69) is 35.8 Å². The second-order valence-corrected chi connectivity index (χ2v) is 4.24. The van der Waals surface area contributed by atoms with Gasteiger partial charge in [-0.2, -0.15) is 12.6 Å². The van der Waals surface area contributed by atoms with Crippen molar-refractivity contribution in [1.82, 2.24) is 4.98 Å². The molecule has 0 saturated carbocycles. The average Bonchev–Trinajstić information content (AvgIpc) is 2.43. The van der Waals surface area contributed by atoms with Crippen LogP contribution in [0.1, 0.15) is 10.6 Å². The molecule has 0 aliphatic carbocycles. The fourth-order valence-corrected chi connectivity index (χ4v) is 2.27. The number of hydrogen-bond acceptors (Lipinski definition) is 3. The van der Waals surface area contributed by atoms with Gasteiger partial charge in [-0.3, -0.25) is 0 Å². The molecule has 1 aromatic carbocycles. The van der Waals surface area contributed by atoms with E-state index >= 15 is 0 Å². The molecule has 0 saturated heterocycles. The first-order valence-electron chi connectivity index (χ1n) is 3.76. The molecule has 1 heterocycles. The zero-order chi connectivity index (χ0) is 8.55. The van der Waals surface area contributed by atoms with Crippen LogP contribution in [0.15, 0.2) is 18.2 Å². The molecule has 62 valence electrons. The number of rotatable bonds is 1. The summed E-state index contributed by atoms with van der Waals surface area (Å²) in [7, 11) is 0. The van der Waals surface area contributed by atoms with Gasteiger partial charge in [-0.15, -0.1) is 11.3 Å². The van der Waals surface area contributed by atoms with E-state index in [4.69, 9.17) is 0 Å². The number of nitrogens with zero attached hydrogens (tertiary/aromatic N) is 1. The first-order valence-corrected chi connectivity index (χ1v) is 5.21. The van der Waals surface area contributed by atoms with Gasteiger partial charge in [0, 0.05) is 5.75 Å². The highest BCUT2D eigenvalue weighted by Crippen LogP contribution is 2.22. The van der Waals surface area contributed by atoms with E-state index in [9.17, 15) is 0 Å². The third-order valence-corrected chi connectivity index (χ3v) is 3.04. The zero-order valence-electron chi connectivity index (χ0n) is 6.74. The maximum absolute atomic E-state index is 4.38. The first-order chi connectivity index (χ1) is 5.79. The largest absolute Gasteiger partial charge is 0.242 e. The Morgan fingerprint density at radius 1 is 1.50 bits per heavy atom. The van der Waals surface area contributed by atoms with Crippen LogP contribution in [-0.4, -0.2) is 4.98 Å². The Morgan fingerprint density at radius 2 is 2.33 bits per heavy atom. The maximum atomic E-state index is 4.38. The third kappa shape index (κ3) is 1.34. The van der Waals surface area contributed by atoms with Crippen molar-refractivity contribution < 1.29 is 0 Å². The molecule has 0 aliphatic rings. The monoisotopic (exact) mass is 195 g/mol. The Bertz CT molecular complexity index is 406. The Balaban J connectivity index is 2.66. The highest BCUT2D eigenvalue weighted by molar-refractivity contribution is 7.79. The number of thiol groups is 1. The lowest BCUT2D eigenvalue weighted by molar-refractivity contribution is 1.34. The van der Waals surface area contributed by atoms with Crippen molar-refractivity contribution in [3.05, 3.63) is 28.8 Å². The van der Waals surface area contributed by atoms with E-state index in [1.807, 2.05) is 6.92 Å². The quantitative estimate of drug-likeness (QED) is 0.690. The number of hydrogen-bond donors (Lipinski definition) is 1. The number of benzene rings is 1. The van der Waals surface area contributed by atoms with Crippen molar-refractivity contribution in [2.45, 2.75) is 12.7 Å². The fourth-order valence-electron chi connectivity index (χ4n) is 1.18. The van der Waals surface area contributed by atoms with Crippen molar-refractivity contribution in [2.24, 2.45) is 0 Å². The molecule has 0 aliphatic heterocycles. The SMILES string of the molecule is Cc1nc2ccc(CS)cc2s1. The molecule has 0 fully saturated rings. The highest BCUT2D eigenvalue weighted by atomic mass is 32.1. The molecule has 0 N–H and O–H groups in total. The van der Waals surface area contributed by atoms with Crippen molar-refractivity contribution >= 4 is 34.2 Å². The lowest BCUT2D eigenvalue weighted by atomic mass is 10.2. The number of aryl methyl sites for hydroxylation is 1. The minimum Gasteiger partial charge on any atom is -0.242 e. The van der Waals surface area contributed by atoms with Gasteiger partial charge in [0.2, 0.25) is 0 Å². The molecule has 2 aromatic rings. The summed E-state index contributed by atoms with van der Waals surface area (Å²) in [6.07, 6.45) is 0. The van der Waals surface area contributed by atoms with E-state index in [-0.39, 0.29) is 0 Å². The summed E-state index contributed by atoms with van der Waals surface area (Å²) < 4.78 is 1.26. The molecule has 12 heavy (non-hydrogen) atoms. The van der Waals surface area contributed by atoms with E-state index in [1.165, 1.54) is 10.3 Å². The molecule has 0 bridgehead atoms. The Labute approximate surface area is 80.9 Å². The lowest BCUT2D eigenvalue weighted by Crippen LogP contribution is -1.75. The van der Waals surface area contributed by atoms with Crippen molar-refractivity contribution in [1.29, 1.82) is 0 Å². The predicted octanol–water partition coefficient (Wildman–Crippen LogP) is 3.03. The topological polar surface area (TPSA) is 12.9 Å². The Morgan fingerprint density at radius 3 is 3.08 bits per heavy atom. The predicted molar refractivity (Wildman–Crippen MR) is 57.0 cm³/mol. The summed E-state index contributed by atoms with van der Waals surface area (Å²) >= 11 is 5.96. The maximum Gasteiger partial charge on any atom is 0.0907 e. The van der Waals surface area contributed by atoms with Gasteiger partial charge in [-0.25, -0.2) is 4.98 Å². The fraction of sp³-hybridized carbons (Fsp3) is 0.222. The summed E-state index contributed by atoms with van der Waals surface area (Å²) in [5, 5.41) is 1.13. The summed E-state index contributed by atoms with van der Waals surface area (Å²) in [5.74, 6) is 0.798. The summed E-state index contributed by atoms with van der Waals surface area (Å²) in [5.41, 5.74) is 2.36. The normalized spacial score (nSPS) is 10.8. The van der Waals surface area contributed by atoms with Crippen LogP contribution in [0.3, 0.4) is 0 Å². The summed E-state index contributed by atoms with van der Waals surface area (Å²) in [6, 6.07) is 6.30. The first kappa shape index (κ1) is 8.08. The zero-order valence-corrected chi connectivity index (χ0v) is 8.45. The van der Waals surface area contributed by atoms with Crippen LogP contribution >= 0.6 is 24.0 Å². The Kier molecular flexibility index (Phi) is 2.07. The molecule has 1 aromatic heterocycles. The van der Waals surface area contributed by atoms with Gasteiger partial charge in [0.1, 0.15) is 0 Å². The van der Waals surface area contributed by atoms with Crippen LogP contribution in [0.5, 0.6) is 0 Å². The van der Waals surface area contributed by atoms with E-state index < -0.39 is 0 Å². The second-order valence-electron chi connectivity index (χ2n) is 2.69. The van der Waals surface area contributed by atoms with Gasteiger partial charge < -0.3 is 0 Å². The Hall–Kier alpha value is -0.540. The van der Waals surface area contributed by atoms with E-state index in [0.717, 1.165) is 16.3 Å². The number of thiazole rings is 1. The van der Waals surface area contributed by atoms with Crippen molar-refractivity contribution in [2.75, 3.05) is 0 Å². The third-order valence-electron chi connectivity index (χ3n) is 1.74. The summed E-state index contributed by atoms with van der Waals surface area (Å²) in [6.45, 7) is 2.03. The van der Waals surface area contributed by atoms with Gasteiger partial charge >= 0.3 is 0 Å². The minimum atomic E-state index is 0.798. The minimum absolute atomic E-state index is 0.798. The van der Waals surface area contributed by atoms with Gasteiger partial charge in [0.05, 0.1) is 15.2 Å². The van der Waals surface area contributed by atoms with Gasteiger partial charge in [-0.05, 0) is 24.6 Å².